The average Bonchev–Trinajstić information content (AvgIpc) is 2.47. The average molecular weight is 341 g/mol. The minimum atomic E-state index is -1.00. The summed E-state index contributed by atoms with van der Waals surface area (Å²) in [6.07, 6.45) is 1.40. The van der Waals surface area contributed by atoms with Gasteiger partial charge in [-0.2, -0.15) is 0 Å². The summed E-state index contributed by atoms with van der Waals surface area (Å²) in [5.74, 6) is -0.389. The van der Waals surface area contributed by atoms with E-state index in [9.17, 15) is 14.4 Å². The van der Waals surface area contributed by atoms with Crippen molar-refractivity contribution in [3.8, 4) is 0 Å². The lowest BCUT2D eigenvalue weighted by molar-refractivity contribution is -0.178. The lowest BCUT2D eigenvalue weighted by atomic mass is 9.81. The normalized spacial score (nSPS) is 26.9. The van der Waals surface area contributed by atoms with Crippen molar-refractivity contribution >= 4 is 17.8 Å². The molecule has 0 spiro atoms. The van der Waals surface area contributed by atoms with Crippen molar-refractivity contribution in [2.24, 2.45) is 5.41 Å². The summed E-state index contributed by atoms with van der Waals surface area (Å²) in [5, 5.41) is 0. The highest BCUT2D eigenvalue weighted by molar-refractivity contribution is 5.91. The zero-order valence-corrected chi connectivity index (χ0v) is 14.9. The van der Waals surface area contributed by atoms with Crippen LogP contribution in [-0.2, 0) is 23.8 Å². The third kappa shape index (κ3) is 4.06. The van der Waals surface area contributed by atoms with Crippen molar-refractivity contribution in [3.63, 3.8) is 0 Å². The number of nitrogens with zero attached hydrogens (tertiary/aromatic N) is 1. The molecule has 1 heterocycles. The maximum Gasteiger partial charge on any atom is 0.413 e. The molecule has 1 saturated heterocycles. The zero-order chi connectivity index (χ0) is 18.0. The number of hydrogen-bond acceptors (Lipinski definition) is 6. The Labute approximate surface area is 142 Å². The van der Waals surface area contributed by atoms with E-state index in [0.29, 0.717) is 26.1 Å². The molecule has 2 rings (SSSR count). The summed E-state index contributed by atoms with van der Waals surface area (Å²) >= 11 is 0. The Kier molecular flexibility index (Phi) is 5.52. The molecule has 24 heavy (non-hydrogen) atoms. The first-order chi connectivity index (χ1) is 11.2. The third-order valence-corrected chi connectivity index (χ3v) is 4.97. The molecule has 136 valence electrons. The van der Waals surface area contributed by atoms with Gasteiger partial charge in [-0.1, -0.05) is 13.3 Å². The van der Waals surface area contributed by atoms with Crippen LogP contribution in [0, 0.1) is 5.41 Å². The van der Waals surface area contributed by atoms with Crippen LogP contribution in [0.1, 0.15) is 52.9 Å². The fraction of sp³-hybridized carbons (Fsp3) is 0.824. The van der Waals surface area contributed by atoms with Gasteiger partial charge in [0.15, 0.2) is 5.78 Å². The van der Waals surface area contributed by atoms with Crippen LogP contribution in [-0.4, -0.2) is 54.8 Å². The number of amides is 1. The molecule has 2 atom stereocenters. The Morgan fingerprint density at radius 1 is 1.25 bits per heavy atom. The summed E-state index contributed by atoms with van der Waals surface area (Å²) in [7, 11) is 1.55. The SMILES string of the molecule is CC(OC(=O)CC1(C)COC1)OC(=O)N(C)[C@]1(C)CCCCC1=O. The van der Waals surface area contributed by atoms with Crippen molar-refractivity contribution in [1.29, 1.82) is 0 Å². The van der Waals surface area contributed by atoms with Gasteiger partial charge in [0, 0.05) is 25.8 Å². The molecule has 0 bridgehead atoms. The van der Waals surface area contributed by atoms with Gasteiger partial charge < -0.3 is 14.2 Å². The van der Waals surface area contributed by atoms with Crippen molar-refractivity contribution < 1.29 is 28.6 Å². The van der Waals surface area contributed by atoms with E-state index in [2.05, 4.69) is 0 Å². The lowest BCUT2D eigenvalue weighted by Gasteiger charge is -2.39. The van der Waals surface area contributed by atoms with Gasteiger partial charge >= 0.3 is 12.1 Å². The van der Waals surface area contributed by atoms with E-state index in [1.54, 1.807) is 14.0 Å². The molecule has 0 radical (unpaired) electrons. The molecule has 0 aromatic rings. The highest BCUT2D eigenvalue weighted by Crippen LogP contribution is 2.32. The van der Waals surface area contributed by atoms with Crippen LogP contribution in [0.25, 0.3) is 0 Å². The van der Waals surface area contributed by atoms with E-state index in [1.165, 1.54) is 11.8 Å². The van der Waals surface area contributed by atoms with Gasteiger partial charge in [-0.15, -0.1) is 0 Å². The number of carbonyl (C=O) groups is 3. The molecule has 2 aliphatic rings. The molecule has 7 heteroatoms. The highest BCUT2D eigenvalue weighted by Gasteiger charge is 2.42. The van der Waals surface area contributed by atoms with Gasteiger partial charge in [0.05, 0.1) is 19.6 Å². The molecule has 0 aromatic carbocycles. The van der Waals surface area contributed by atoms with Crippen LogP contribution < -0.4 is 0 Å². The standard InChI is InChI=1S/C17H27NO6/c1-12(23-14(20)9-16(2)10-22-11-16)24-15(21)18(4)17(3)8-6-5-7-13(17)19/h12H,5-11H2,1-4H3/t12?,17-/m1/s1. The predicted octanol–water partition coefficient (Wildman–Crippen LogP) is 2.27. The van der Waals surface area contributed by atoms with Gasteiger partial charge in [-0.05, 0) is 19.8 Å². The molecular formula is C17H27NO6. The van der Waals surface area contributed by atoms with E-state index in [0.717, 1.165) is 12.8 Å². The van der Waals surface area contributed by atoms with Crippen LogP contribution in [0.3, 0.4) is 0 Å². The topological polar surface area (TPSA) is 82.1 Å². The summed E-state index contributed by atoms with van der Waals surface area (Å²) in [6.45, 7) is 6.24. The Morgan fingerprint density at radius 3 is 2.46 bits per heavy atom. The van der Waals surface area contributed by atoms with Crippen molar-refractivity contribution in [2.45, 2.75) is 64.7 Å². The van der Waals surface area contributed by atoms with Crippen LogP contribution in [0.5, 0.6) is 0 Å². The number of esters is 1. The predicted molar refractivity (Wildman–Crippen MR) is 85.2 cm³/mol. The first kappa shape index (κ1) is 18.7. The minimum Gasteiger partial charge on any atom is -0.425 e. The molecule has 1 saturated carbocycles. The van der Waals surface area contributed by atoms with Crippen LogP contribution in [0.15, 0.2) is 0 Å². The van der Waals surface area contributed by atoms with Crippen molar-refractivity contribution in [2.75, 3.05) is 20.3 Å². The fourth-order valence-electron chi connectivity index (χ4n) is 3.09. The van der Waals surface area contributed by atoms with Gasteiger partial charge in [0.2, 0.25) is 6.29 Å². The molecule has 1 aliphatic carbocycles. The minimum absolute atomic E-state index is 0.0377. The van der Waals surface area contributed by atoms with E-state index < -0.39 is 23.9 Å². The van der Waals surface area contributed by atoms with E-state index in [4.69, 9.17) is 14.2 Å². The molecule has 0 N–H and O–H groups in total. The largest absolute Gasteiger partial charge is 0.425 e. The zero-order valence-electron chi connectivity index (χ0n) is 14.9. The summed E-state index contributed by atoms with van der Waals surface area (Å²) < 4.78 is 15.4. The fourth-order valence-corrected chi connectivity index (χ4v) is 3.09. The number of carbonyl (C=O) groups excluding carboxylic acids is 3. The first-order valence-corrected chi connectivity index (χ1v) is 8.41. The second kappa shape index (κ2) is 7.09. The van der Waals surface area contributed by atoms with Gasteiger partial charge in [0.25, 0.3) is 0 Å². The van der Waals surface area contributed by atoms with Gasteiger partial charge in [-0.25, -0.2) is 4.79 Å². The second-order valence-corrected chi connectivity index (χ2v) is 7.38. The molecule has 1 unspecified atom stereocenters. The van der Waals surface area contributed by atoms with Crippen molar-refractivity contribution in [3.05, 3.63) is 0 Å². The van der Waals surface area contributed by atoms with Crippen LogP contribution >= 0.6 is 0 Å². The number of Topliss-reactive ketones (excluding diaryl/α,β-unsaturated/α-hetero) is 1. The Bertz CT molecular complexity index is 515. The molecule has 7 nitrogen and oxygen atoms in total. The Balaban J connectivity index is 1.84. The molecular weight excluding hydrogens is 314 g/mol. The van der Waals surface area contributed by atoms with Crippen LogP contribution in [0.2, 0.25) is 0 Å². The van der Waals surface area contributed by atoms with Gasteiger partial charge in [0.1, 0.15) is 5.54 Å². The maximum atomic E-state index is 12.3. The molecule has 0 aromatic heterocycles. The Hall–Kier alpha value is -1.63. The number of rotatable bonds is 5. The smallest absolute Gasteiger partial charge is 0.413 e. The summed E-state index contributed by atoms with van der Waals surface area (Å²) in [6, 6.07) is 0. The molecule has 1 aliphatic heterocycles. The van der Waals surface area contributed by atoms with E-state index in [1.807, 2.05) is 6.92 Å². The quantitative estimate of drug-likeness (QED) is 0.563. The second-order valence-electron chi connectivity index (χ2n) is 7.38. The summed E-state index contributed by atoms with van der Waals surface area (Å²) in [4.78, 5) is 37.7. The number of ketones is 1. The number of ether oxygens (including phenoxy) is 3. The molecule has 1 amide bonds. The Morgan fingerprint density at radius 2 is 1.92 bits per heavy atom. The third-order valence-electron chi connectivity index (χ3n) is 4.97. The molecule has 2 fully saturated rings. The lowest BCUT2D eigenvalue weighted by Crippen LogP contribution is -2.55. The number of hydrogen-bond donors (Lipinski definition) is 0. The van der Waals surface area contributed by atoms with E-state index >= 15 is 0 Å². The van der Waals surface area contributed by atoms with Crippen molar-refractivity contribution in [1.82, 2.24) is 4.90 Å². The maximum absolute atomic E-state index is 12.3. The number of likely N-dealkylation sites (N-methyl/N-ethyl adjacent to an activating group) is 1. The van der Waals surface area contributed by atoms with Crippen LogP contribution in [0.4, 0.5) is 4.79 Å². The monoisotopic (exact) mass is 341 g/mol. The van der Waals surface area contributed by atoms with E-state index in [-0.39, 0.29) is 17.6 Å². The summed E-state index contributed by atoms with van der Waals surface area (Å²) in [5.41, 5.74) is -1.05. The first-order valence-electron chi connectivity index (χ1n) is 8.41. The highest BCUT2D eigenvalue weighted by atomic mass is 16.7. The van der Waals surface area contributed by atoms with Gasteiger partial charge in [-0.3, -0.25) is 14.5 Å².